The number of hydrogen-bond acceptors (Lipinski definition) is 6. The number of amides is 1. The van der Waals surface area contributed by atoms with Gasteiger partial charge in [-0.25, -0.2) is 4.98 Å². The van der Waals surface area contributed by atoms with Crippen LogP contribution < -0.4 is 5.32 Å². The van der Waals surface area contributed by atoms with Crippen LogP contribution in [0.25, 0.3) is 33.9 Å². The van der Waals surface area contributed by atoms with E-state index in [9.17, 15) is 14.9 Å². The van der Waals surface area contributed by atoms with Gasteiger partial charge in [-0.2, -0.15) is 0 Å². The Balaban J connectivity index is 1.36. The number of fused-ring (bicyclic) bond motifs is 1. The third-order valence-electron chi connectivity index (χ3n) is 4.89. The molecule has 0 aliphatic carbocycles. The summed E-state index contributed by atoms with van der Waals surface area (Å²) in [5.41, 5.74) is 2.88. The molecule has 0 saturated heterocycles. The number of anilines is 1. The number of nitrogens with one attached hydrogen (secondary N) is 1. The number of non-ortho nitro benzene ring substituents is 1. The summed E-state index contributed by atoms with van der Waals surface area (Å²) in [7, 11) is 0. The Bertz CT molecular complexity index is 1520. The largest absolute Gasteiger partial charge is 0.451 e. The van der Waals surface area contributed by atoms with Gasteiger partial charge in [-0.15, -0.1) is 0 Å². The van der Waals surface area contributed by atoms with Crippen molar-refractivity contribution in [1.82, 2.24) is 4.98 Å². The van der Waals surface area contributed by atoms with Crippen molar-refractivity contribution < 1.29 is 18.6 Å². The van der Waals surface area contributed by atoms with E-state index in [-0.39, 0.29) is 11.4 Å². The van der Waals surface area contributed by atoms with Crippen LogP contribution in [0.3, 0.4) is 0 Å². The summed E-state index contributed by atoms with van der Waals surface area (Å²) in [6, 6.07) is 21.3. The zero-order valence-electron chi connectivity index (χ0n) is 16.8. The normalized spacial score (nSPS) is 10.9. The quantitative estimate of drug-likeness (QED) is 0.235. The van der Waals surface area contributed by atoms with Crippen molar-refractivity contribution in [3.05, 3.63) is 99.8 Å². The van der Waals surface area contributed by atoms with E-state index < -0.39 is 10.8 Å². The molecule has 1 amide bonds. The molecule has 0 fully saturated rings. The van der Waals surface area contributed by atoms with E-state index in [0.29, 0.717) is 44.6 Å². The van der Waals surface area contributed by atoms with Crippen LogP contribution in [0.1, 0.15) is 10.6 Å². The van der Waals surface area contributed by atoms with Gasteiger partial charge in [0.2, 0.25) is 5.89 Å². The van der Waals surface area contributed by atoms with E-state index >= 15 is 0 Å². The average molecular weight is 460 g/mol. The van der Waals surface area contributed by atoms with E-state index in [0.717, 1.165) is 0 Å². The standard InChI is InChI=1S/C24H14ClN3O5/c25-16-7-8-21-19(13-16)27-24(33-21)15-4-1-5-17(11-15)26-23(29)22-10-9-20(32-22)14-3-2-6-18(12-14)28(30)31/h1-13H,(H,26,29). The van der Waals surface area contributed by atoms with Crippen molar-refractivity contribution in [3.8, 4) is 22.8 Å². The fourth-order valence-electron chi connectivity index (χ4n) is 3.33. The summed E-state index contributed by atoms with van der Waals surface area (Å²) >= 11 is 6.01. The van der Waals surface area contributed by atoms with Crippen LogP contribution in [0.5, 0.6) is 0 Å². The number of rotatable bonds is 5. The molecule has 0 aliphatic heterocycles. The Morgan fingerprint density at radius 1 is 0.939 bits per heavy atom. The summed E-state index contributed by atoms with van der Waals surface area (Å²) in [6.45, 7) is 0. The fraction of sp³-hybridized carbons (Fsp3) is 0. The van der Waals surface area contributed by atoms with Gasteiger partial charge >= 0.3 is 0 Å². The Morgan fingerprint density at radius 2 is 1.76 bits per heavy atom. The average Bonchev–Trinajstić information content (AvgIpc) is 3.47. The second-order valence-corrected chi connectivity index (χ2v) is 7.57. The first kappa shape index (κ1) is 20.5. The predicted molar refractivity (Wildman–Crippen MR) is 123 cm³/mol. The molecule has 33 heavy (non-hydrogen) atoms. The highest BCUT2D eigenvalue weighted by atomic mass is 35.5. The predicted octanol–water partition coefficient (Wildman–Crippen LogP) is 6.57. The zero-order chi connectivity index (χ0) is 22.9. The highest BCUT2D eigenvalue weighted by molar-refractivity contribution is 6.31. The summed E-state index contributed by atoms with van der Waals surface area (Å²) < 4.78 is 11.4. The van der Waals surface area contributed by atoms with Gasteiger partial charge in [0.05, 0.1) is 4.92 Å². The molecule has 0 saturated carbocycles. The maximum atomic E-state index is 12.7. The van der Waals surface area contributed by atoms with Crippen molar-refractivity contribution in [3.63, 3.8) is 0 Å². The summed E-state index contributed by atoms with van der Waals surface area (Å²) in [4.78, 5) is 27.6. The number of carbonyl (C=O) groups is 1. The Labute approximate surface area is 191 Å². The van der Waals surface area contributed by atoms with Gasteiger partial charge in [0.15, 0.2) is 11.3 Å². The summed E-state index contributed by atoms with van der Waals surface area (Å²) in [5, 5.41) is 14.3. The number of benzene rings is 3. The second kappa shape index (κ2) is 8.25. The van der Waals surface area contributed by atoms with Crippen LogP contribution in [0.15, 0.2) is 87.7 Å². The van der Waals surface area contributed by atoms with Crippen molar-refractivity contribution in [2.24, 2.45) is 0 Å². The molecular formula is C24H14ClN3O5. The maximum absolute atomic E-state index is 12.7. The molecule has 2 aromatic heterocycles. The van der Waals surface area contributed by atoms with Gasteiger partial charge in [-0.3, -0.25) is 14.9 Å². The number of carbonyl (C=O) groups excluding carboxylic acids is 1. The number of nitro groups is 1. The molecular weight excluding hydrogens is 446 g/mol. The first-order chi connectivity index (χ1) is 16.0. The number of oxazole rings is 1. The minimum absolute atomic E-state index is 0.0619. The van der Waals surface area contributed by atoms with Crippen molar-refractivity contribution in [2.45, 2.75) is 0 Å². The summed E-state index contributed by atoms with van der Waals surface area (Å²) in [6.07, 6.45) is 0. The van der Waals surface area contributed by atoms with Crippen LogP contribution in [0, 0.1) is 10.1 Å². The lowest BCUT2D eigenvalue weighted by atomic mass is 10.1. The van der Waals surface area contributed by atoms with Crippen molar-refractivity contribution in [2.75, 3.05) is 5.32 Å². The molecule has 162 valence electrons. The topological polar surface area (TPSA) is 111 Å². The minimum Gasteiger partial charge on any atom is -0.451 e. The molecule has 9 heteroatoms. The molecule has 2 heterocycles. The van der Waals surface area contributed by atoms with Crippen LogP contribution in [0.4, 0.5) is 11.4 Å². The Morgan fingerprint density at radius 3 is 2.61 bits per heavy atom. The van der Waals surface area contributed by atoms with Gasteiger partial charge in [0, 0.05) is 34.0 Å². The highest BCUT2D eigenvalue weighted by Gasteiger charge is 2.16. The lowest BCUT2D eigenvalue weighted by Gasteiger charge is -2.04. The SMILES string of the molecule is O=C(Nc1cccc(-c2nc3cc(Cl)ccc3o2)c1)c1ccc(-c2cccc([N+](=O)[O-])c2)o1. The van der Waals surface area contributed by atoms with E-state index in [1.54, 1.807) is 54.6 Å². The van der Waals surface area contributed by atoms with Gasteiger partial charge < -0.3 is 14.2 Å². The van der Waals surface area contributed by atoms with Crippen LogP contribution in [-0.2, 0) is 0 Å². The second-order valence-electron chi connectivity index (χ2n) is 7.14. The molecule has 0 aliphatic rings. The van der Waals surface area contributed by atoms with Gasteiger partial charge in [-0.1, -0.05) is 29.8 Å². The van der Waals surface area contributed by atoms with E-state index in [2.05, 4.69) is 10.3 Å². The smallest absolute Gasteiger partial charge is 0.291 e. The maximum Gasteiger partial charge on any atom is 0.291 e. The highest BCUT2D eigenvalue weighted by Crippen LogP contribution is 2.29. The van der Waals surface area contributed by atoms with Crippen molar-refractivity contribution in [1.29, 1.82) is 0 Å². The van der Waals surface area contributed by atoms with Crippen LogP contribution >= 0.6 is 11.6 Å². The molecule has 0 unspecified atom stereocenters. The number of aromatic nitrogens is 1. The molecule has 0 spiro atoms. The third-order valence-corrected chi connectivity index (χ3v) is 5.12. The number of nitro benzene ring substituents is 1. The van der Waals surface area contributed by atoms with Gasteiger partial charge in [-0.05, 0) is 48.5 Å². The fourth-order valence-corrected chi connectivity index (χ4v) is 3.50. The number of hydrogen-bond donors (Lipinski definition) is 1. The van der Waals surface area contributed by atoms with E-state index in [4.69, 9.17) is 20.4 Å². The van der Waals surface area contributed by atoms with Gasteiger partial charge in [0.25, 0.3) is 11.6 Å². The monoisotopic (exact) mass is 459 g/mol. The molecule has 5 rings (SSSR count). The Kier molecular flexibility index (Phi) is 5.12. The van der Waals surface area contributed by atoms with Crippen LogP contribution in [0.2, 0.25) is 5.02 Å². The van der Waals surface area contributed by atoms with Crippen LogP contribution in [-0.4, -0.2) is 15.8 Å². The van der Waals surface area contributed by atoms with Gasteiger partial charge in [0.1, 0.15) is 11.3 Å². The molecule has 1 N–H and O–H groups in total. The summed E-state index contributed by atoms with van der Waals surface area (Å²) in [5.74, 6) is 0.351. The Hall–Kier alpha value is -4.43. The molecule has 5 aromatic rings. The molecule has 0 bridgehead atoms. The van der Waals surface area contributed by atoms with E-state index in [1.807, 2.05) is 6.07 Å². The lowest BCUT2D eigenvalue weighted by molar-refractivity contribution is -0.384. The first-order valence-corrected chi connectivity index (χ1v) is 10.2. The molecule has 0 radical (unpaired) electrons. The first-order valence-electron chi connectivity index (χ1n) is 9.79. The lowest BCUT2D eigenvalue weighted by Crippen LogP contribution is -2.10. The zero-order valence-corrected chi connectivity index (χ0v) is 17.6. The third kappa shape index (κ3) is 4.19. The molecule has 0 atom stereocenters. The van der Waals surface area contributed by atoms with Crippen molar-refractivity contribution >= 4 is 40.0 Å². The minimum atomic E-state index is -0.488. The number of halogens is 1. The molecule has 8 nitrogen and oxygen atoms in total. The number of furan rings is 1. The number of nitrogens with zero attached hydrogens (tertiary/aromatic N) is 2. The van der Waals surface area contributed by atoms with E-state index in [1.165, 1.54) is 18.2 Å². The molecule has 3 aromatic carbocycles.